The van der Waals surface area contributed by atoms with Crippen LogP contribution in [-0.2, 0) is 10.0 Å². The maximum absolute atomic E-state index is 13.2. The molecule has 0 aliphatic rings. The maximum Gasteiger partial charge on any atom is 0.272 e. The van der Waals surface area contributed by atoms with E-state index in [0.29, 0.717) is 34.0 Å². The SMILES string of the molecule is Cc1cc(-c2cc(NS(C)(=O)=O)ccc2Oc2ccc(F)cc2)n2cc[nH]c(=O)c12. The van der Waals surface area contributed by atoms with Gasteiger partial charge in [-0.1, -0.05) is 0 Å². The Morgan fingerprint density at radius 3 is 2.53 bits per heavy atom. The van der Waals surface area contributed by atoms with E-state index in [0.717, 1.165) is 11.8 Å². The molecule has 0 fully saturated rings. The summed E-state index contributed by atoms with van der Waals surface area (Å²) in [5.74, 6) is 0.444. The van der Waals surface area contributed by atoms with E-state index in [2.05, 4.69) is 9.71 Å². The summed E-state index contributed by atoms with van der Waals surface area (Å²) in [6.45, 7) is 1.81. The molecule has 2 aromatic heterocycles. The molecule has 0 atom stereocenters. The predicted molar refractivity (Wildman–Crippen MR) is 113 cm³/mol. The molecule has 30 heavy (non-hydrogen) atoms. The average molecular weight is 427 g/mol. The number of hydrogen-bond acceptors (Lipinski definition) is 4. The van der Waals surface area contributed by atoms with E-state index in [4.69, 9.17) is 4.74 Å². The van der Waals surface area contributed by atoms with Gasteiger partial charge in [0.05, 0.1) is 11.9 Å². The second-order valence-corrected chi connectivity index (χ2v) is 8.61. The Morgan fingerprint density at radius 2 is 1.83 bits per heavy atom. The number of anilines is 1. The fourth-order valence-corrected chi connectivity index (χ4v) is 3.84. The quantitative estimate of drug-likeness (QED) is 0.505. The molecule has 9 heteroatoms. The number of nitrogens with one attached hydrogen (secondary N) is 2. The molecule has 2 heterocycles. The first-order chi connectivity index (χ1) is 14.2. The minimum Gasteiger partial charge on any atom is -0.457 e. The van der Waals surface area contributed by atoms with Crippen LogP contribution in [0.4, 0.5) is 10.1 Å². The molecule has 4 aromatic rings. The minimum absolute atomic E-state index is 0.243. The topological polar surface area (TPSA) is 92.7 Å². The monoisotopic (exact) mass is 427 g/mol. The Morgan fingerprint density at radius 1 is 1.10 bits per heavy atom. The van der Waals surface area contributed by atoms with Gasteiger partial charge in [-0.25, -0.2) is 12.8 Å². The van der Waals surface area contributed by atoms with Gasteiger partial charge in [0.1, 0.15) is 22.8 Å². The van der Waals surface area contributed by atoms with Crippen molar-refractivity contribution in [3.63, 3.8) is 0 Å². The van der Waals surface area contributed by atoms with Crippen LogP contribution in [0.1, 0.15) is 5.56 Å². The van der Waals surface area contributed by atoms with Gasteiger partial charge in [0.2, 0.25) is 10.0 Å². The van der Waals surface area contributed by atoms with Crippen LogP contribution in [0, 0.1) is 12.7 Å². The molecule has 4 rings (SSSR count). The molecule has 0 amide bonds. The minimum atomic E-state index is -3.49. The van der Waals surface area contributed by atoms with Crippen LogP contribution in [0.2, 0.25) is 0 Å². The Balaban J connectivity index is 1.91. The highest BCUT2D eigenvalue weighted by molar-refractivity contribution is 7.92. The van der Waals surface area contributed by atoms with Crippen molar-refractivity contribution in [2.45, 2.75) is 6.92 Å². The van der Waals surface area contributed by atoms with E-state index in [-0.39, 0.29) is 11.4 Å². The van der Waals surface area contributed by atoms with Crippen LogP contribution in [0.15, 0.2) is 65.7 Å². The van der Waals surface area contributed by atoms with Gasteiger partial charge in [0, 0.05) is 23.6 Å². The summed E-state index contributed by atoms with van der Waals surface area (Å²) >= 11 is 0. The van der Waals surface area contributed by atoms with Crippen LogP contribution in [0.3, 0.4) is 0 Å². The van der Waals surface area contributed by atoms with Crippen LogP contribution in [0.25, 0.3) is 16.8 Å². The fraction of sp³-hybridized carbons (Fsp3) is 0.0952. The van der Waals surface area contributed by atoms with E-state index in [1.54, 1.807) is 28.8 Å². The first-order valence-corrected chi connectivity index (χ1v) is 10.9. The largest absolute Gasteiger partial charge is 0.457 e. The zero-order chi connectivity index (χ0) is 21.5. The standard InChI is InChI=1S/C21H18FN3O4S/c1-13-11-18(25-10-9-23-21(26)20(13)25)17-12-15(24-30(2,27)28)5-8-19(17)29-16-6-3-14(22)4-7-16/h3-12,24H,1-2H3,(H,23,26). The number of nitrogens with zero attached hydrogens (tertiary/aromatic N) is 1. The third-order valence-electron chi connectivity index (χ3n) is 4.48. The van der Waals surface area contributed by atoms with Crippen LogP contribution >= 0.6 is 0 Å². The molecule has 0 saturated heterocycles. The summed E-state index contributed by atoms with van der Waals surface area (Å²) in [6.07, 6.45) is 4.29. The Labute approximate surface area is 171 Å². The van der Waals surface area contributed by atoms with E-state index in [1.165, 1.54) is 30.5 Å². The van der Waals surface area contributed by atoms with E-state index in [1.807, 2.05) is 13.0 Å². The molecule has 0 aliphatic carbocycles. The van der Waals surface area contributed by atoms with Crippen molar-refractivity contribution in [3.05, 3.63) is 82.7 Å². The molecule has 154 valence electrons. The molecule has 0 radical (unpaired) electrons. The normalized spacial score (nSPS) is 11.6. The molecule has 7 nitrogen and oxygen atoms in total. The van der Waals surface area contributed by atoms with Gasteiger partial charge in [0.25, 0.3) is 5.56 Å². The molecular formula is C21H18FN3O4S. The Bertz CT molecular complexity index is 1410. The zero-order valence-corrected chi connectivity index (χ0v) is 17.0. The van der Waals surface area contributed by atoms with Crippen molar-refractivity contribution in [1.82, 2.24) is 9.38 Å². The van der Waals surface area contributed by atoms with Crippen molar-refractivity contribution >= 4 is 21.2 Å². The van der Waals surface area contributed by atoms with Gasteiger partial charge in [-0.2, -0.15) is 0 Å². The predicted octanol–water partition coefficient (Wildman–Crippen LogP) is 3.91. The number of sulfonamides is 1. The summed E-state index contributed by atoms with van der Waals surface area (Å²) in [4.78, 5) is 14.9. The van der Waals surface area contributed by atoms with E-state index >= 15 is 0 Å². The molecule has 2 aromatic carbocycles. The lowest BCUT2D eigenvalue weighted by Crippen LogP contribution is -2.10. The maximum atomic E-state index is 13.2. The van der Waals surface area contributed by atoms with E-state index < -0.39 is 10.0 Å². The van der Waals surface area contributed by atoms with Crippen molar-refractivity contribution in [2.75, 3.05) is 11.0 Å². The number of aromatic nitrogens is 2. The van der Waals surface area contributed by atoms with Gasteiger partial charge in [-0.15, -0.1) is 0 Å². The molecular weight excluding hydrogens is 409 g/mol. The summed E-state index contributed by atoms with van der Waals surface area (Å²) in [5, 5.41) is 0. The third-order valence-corrected chi connectivity index (χ3v) is 5.09. The number of hydrogen-bond donors (Lipinski definition) is 2. The smallest absolute Gasteiger partial charge is 0.272 e. The lowest BCUT2D eigenvalue weighted by atomic mass is 10.1. The lowest BCUT2D eigenvalue weighted by molar-refractivity contribution is 0.482. The molecule has 0 saturated carbocycles. The van der Waals surface area contributed by atoms with Gasteiger partial charge in [0.15, 0.2) is 0 Å². The van der Waals surface area contributed by atoms with Gasteiger partial charge < -0.3 is 14.1 Å². The van der Waals surface area contributed by atoms with Crippen LogP contribution in [-0.4, -0.2) is 24.1 Å². The van der Waals surface area contributed by atoms with Crippen LogP contribution in [0.5, 0.6) is 11.5 Å². The van der Waals surface area contributed by atoms with Crippen molar-refractivity contribution in [1.29, 1.82) is 0 Å². The van der Waals surface area contributed by atoms with Crippen molar-refractivity contribution < 1.29 is 17.5 Å². The zero-order valence-electron chi connectivity index (χ0n) is 16.1. The highest BCUT2D eigenvalue weighted by Crippen LogP contribution is 2.37. The number of aryl methyl sites for hydroxylation is 1. The van der Waals surface area contributed by atoms with Crippen molar-refractivity contribution in [2.24, 2.45) is 0 Å². The number of H-pyrrole nitrogens is 1. The number of benzene rings is 2. The molecule has 0 bridgehead atoms. The number of aromatic amines is 1. The molecule has 0 aliphatic heterocycles. The summed E-state index contributed by atoms with van der Waals surface area (Å²) in [5.41, 5.74) is 2.52. The van der Waals surface area contributed by atoms with Crippen LogP contribution < -0.4 is 15.0 Å². The molecule has 2 N–H and O–H groups in total. The number of halogens is 1. The first-order valence-electron chi connectivity index (χ1n) is 8.96. The number of ether oxygens (including phenoxy) is 1. The molecule has 0 spiro atoms. The Hall–Kier alpha value is -3.59. The highest BCUT2D eigenvalue weighted by Gasteiger charge is 2.17. The van der Waals surface area contributed by atoms with Gasteiger partial charge in [-0.05, 0) is 61.0 Å². The first kappa shape index (κ1) is 19.7. The summed E-state index contributed by atoms with van der Waals surface area (Å²) in [7, 11) is -3.49. The van der Waals surface area contributed by atoms with Crippen molar-refractivity contribution in [3.8, 4) is 22.8 Å². The second-order valence-electron chi connectivity index (χ2n) is 6.86. The second kappa shape index (κ2) is 7.34. The Kier molecular flexibility index (Phi) is 4.83. The summed E-state index contributed by atoms with van der Waals surface area (Å²) < 4.78 is 46.7. The lowest BCUT2D eigenvalue weighted by Gasteiger charge is -2.14. The number of rotatable bonds is 5. The van der Waals surface area contributed by atoms with Gasteiger partial charge in [-0.3, -0.25) is 9.52 Å². The molecule has 0 unspecified atom stereocenters. The highest BCUT2D eigenvalue weighted by atomic mass is 32.2. The van der Waals surface area contributed by atoms with Gasteiger partial charge >= 0.3 is 0 Å². The number of fused-ring (bicyclic) bond motifs is 1. The fourth-order valence-electron chi connectivity index (χ4n) is 3.29. The summed E-state index contributed by atoms with van der Waals surface area (Å²) in [6, 6.07) is 12.2. The third kappa shape index (κ3) is 3.92. The average Bonchev–Trinajstić information content (AvgIpc) is 3.01. The van der Waals surface area contributed by atoms with E-state index in [9.17, 15) is 17.6 Å².